The molecule has 3 unspecified atom stereocenters. The highest BCUT2D eigenvalue weighted by Crippen LogP contribution is 2.29. The fourth-order valence-electron chi connectivity index (χ4n) is 2.66. The van der Waals surface area contributed by atoms with Crippen LogP contribution in [-0.2, 0) is 16.1 Å². The van der Waals surface area contributed by atoms with Crippen LogP contribution in [0.3, 0.4) is 0 Å². The molecule has 2 rings (SSSR count). The summed E-state index contributed by atoms with van der Waals surface area (Å²) < 4.78 is 5.18. The van der Waals surface area contributed by atoms with Crippen LogP contribution in [0.5, 0.6) is 0 Å². The van der Waals surface area contributed by atoms with E-state index in [0.717, 1.165) is 12.0 Å². The third-order valence-electron chi connectivity index (χ3n) is 4.06. The summed E-state index contributed by atoms with van der Waals surface area (Å²) in [4.78, 5) is 22.9. The van der Waals surface area contributed by atoms with Gasteiger partial charge in [0.1, 0.15) is 6.61 Å². The largest absolute Gasteiger partial charge is 0.481 e. The first-order valence-electron chi connectivity index (χ1n) is 7.26. The molecule has 0 aromatic heterocycles. The van der Waals surface area contributed by atoms with Crippen molar-refractivity contribution in [3.05, 3.63) is 35.9 Å². The van der Waals surface area contributed by atoms with Crippen LogP contribution in [0, 0.1) is 11.8 Å². The first-order chi connectivity index (χ1) is 10.1. The number of amides is 1. The van der Waals surface area contributed by atoms with Crippen LogP contribution in [0.2, 0.25) is 0 Å². The van der Waals surface area contributed by atoms with Gasteiger partial charge >= 0.3 is 12.1 Å². The van der Waals surface area contributed by atoms with E-state index in [4.69, 9.17) is 9.84 Å². The predicted molar refractivity (Wildman–Crippen MR) is 77.7 cm³/mol. The molecule has 1 fully saturated rings. The second-order valence-electron chi connectivity index (χ2n) is 5.64. The molecule has 0 saturated heterocycles. The molecule has 5 heteroatoms. The summed E-state index contributed by atoms with van der Waals surface area (Å²) in [6.07, 6.45) is 1.47. The second kappa shape index (κ2) is 7.11. The van der Waals surface area contributed by atoms with Gasteiger partial charge in [0.15, 0.2) is 0 Å². The number of carbonyl (C=O) groups excluding carboxylic acids is 1. The Labute approximate surface area is 124 Å². The molecule has 1 saturated carbocycles. The summed E-state index contributed by atoms with van der Waals surface area (Å²) in [7, 11) is 0. The quantitative estimate of drug-likeness (QED) is 0.894. The van der Waals surface area contributed by atoms with Crippen LogP contribution in [0.25, 0.3) is 0 Å². The Hall–Kier alpha value is -2.04. The minimum atomic E-state index is -0.786. The number of aliphatic carboxylic acids is 1. The molecular formula is C16H21NO4. The molecule has 0 heterocycles. The van der Waals surface area contributed by atoms with E-state index in [1.807, 2.05) is 37.3 Å². The van der Waals surface area contributed by atoms with Crippen molar-refractivity contribution >= 4 is 12.1 Å². The summed E-state index contributed by atoms with van der Waals surface area (Å²) in [5.74, 6) is -0.892. The van der Waals surface area contributed by atoms with E-state index in [2.05, 4.69) is 5.32 Å². The number of carbonyl (C=O) groups is 2. The molecule has 2 N–H and O–H groups in total. The predicted octanol–water partition coefficient (Wildman–Crippen LogP) is 2.80. The van der Waals surface area contributed by atoms with Crippen LogP contribution in [-0.4, -0.2) is 23.2 Å². The zero-order chi connectivity index (χ0) is 15.2. The van der Waals surface area contributed by atoms with Crippen molar-refractivity contribution < 1.29 is 19.4 Å². The molecule has 114 valence electrons. The van der Waals surface area contributed by atoms with Crippen LogP contribution >= 0.6 is 0 Å². The van der Waals surface area contributed by atoms with Crippen molar-refractivity contribution in [2.75, 3.05) is 0 Å². The second-order valence-corrected chi connectivity index (χ2v) is 5.64. The van der Waals surface area contributed by atoms with Gasteiger partial charge in [-0.25, -0.2) is 4.79 Å². The fourth-order valence-corrected chi connectivity index (χ4v) is 2.66. The minimum Gasteiger partial charge on any atom is -0.481 e. The first kappa shape index (κ1) is 15.4. The van der Waals surface area contributed by atoms with Gasteiger partial charge in [0.25, 0.3) is 0 Å². The Morgan fingerprint density at radius 2 is 2.00 bits per heavy atom. The van der Waals surface area contributed by atoms with E-state index in [9.17, 15) is 9.59 Å². The van der Waals surface area contributed by atoms with E-state index in [1.54, 1.807) is 0 Å². The lowest BCUT2D eigenvalue weighted by atomic mass is 9.79. The maximum atomic E-state index is 11.8. The normalized spacial score (nSPS) is 25.1. The number of ether oxygens (including phenoxy) is 1. The SMILES string of the molecule is CC1CCC(C(=O)O)CC1NC(=O)OCc1ccccc1. The van der Waals surface area contributed by atoms with Gasteiger partial charge in [-0.3, -0.25) is 4.79 Å². The molecule has 5 nitrogen and oxygen atoms in total. The number of carboxylic acids is 1. The van der Waals surface area contributed by atoms with Gasteiger partial charge in [0, 0.05) is 6.04 Å². The molecule has 1 aliphatic carbocycles. The number of hydrogen-bond donors (Lipinski definition) is 2. The summed E-state index contributed by atoms with van der Waals surface area (Å²) in [6.45, 7) is 2.25. The lowest BCUT2D eigenvalue weighted by molar-refractivity contribution is -0.143. The number of nitrogens with one attached hydrogen (secondary N) is 1. The fraction of sp³-hybridized carbons (Fsp3) is 0.500. The summed E-state index contributed by atoms with van der Waals surface area (Å²) in [5.41, 5.74) is 0.924. The van der Waals surface area contributed by atoms with Crippen molar-refractivity contribution in [3.8, 4) is 0 Å². The monoisotopic (exact) mass is 291 g/mol. The number of carboxylic acid groups (broad SMARTS) is 1. The number of benzene rings is 1. The number of rotatable bonds is 4. The summed E-state index contributed by atoms with van der Waals surface area (Å²) in [5, 5.41) is 11.9. The Bertz CT molecular complexity index is 488. The number of alkyl carbamates (subject to hydrolysis) is 1. The molecule has 1 aromatic rings. The number of hydrogen-bond acceptors (Lipinski definition) is 3. The van der Waals surface area contributed by atoms with E-state index in [0.29, 0.717) is 12.8 Å². The van der Waals surface area contributed by atoms with Gasteiger partial charge in [0.2, 0.25) is 0 Å². The molecule has 1 aromatic carbocycles. The van der Waals surface area contributed by atoms with Crippen LogP contribution < -0.4 is 5.32 Å². The highest BCUT2D eigenvalue weighted by Gasteiger charge is 2.32. The zero-order valence-electron chi connectivity index (χ0n) is 12.1. The molecule has 0 radical (unpaired) electrons. The van der Waals surface area contributed by atoms with Gasteiger partial charge in [0.05, 0.1) is 5.92 Å². The molecule has 21 heavy (non-hydrogen) atoms. The molecule has 1 amide bonds. The van der Waals surface area contributed by atoms with Crippen LogP contribution in [0.4, 0.5) is 4.79 Å². The van der Waals surface area contributed by atoms with E-state index < -0.39 is 12.1 Å². The van der Waals surface area contributed by atoms with Gasteiger partial charge < -0.3 is 15.2 Å². The summed E-state index contributed by atoms with van der Waals surface area (Å²) in [6, 6.07) is 9.31. The molecule has 0 spiro atoms. The third kappa shape index (κ3) is 4.48. The maximum Gasteiger partial charge on any atom is 0.407 e. The van der Waals surface area contributed by atoms with Crippen LogP contribution in [0.15, 0.2) is 30.3 Å². The smallest absolute Gasteiger partial charge is 0.407 e. The first-order valence-corrected chi connectivity index (χ1v) is 7.26. The maximum absolute atomic E-state index is 11.8. The van der Waals surface area contributed by atoms with Crippen molar-refractivity contribution in [2.45, 2.75) is 38.8 Å². The van der Waals surface area contributed by atoms with Crippen molar-refractivity contribution in [2.24, 2.45) is 11.8 Å². The highest BCUT2D eigenvalue weighted by molar-refractivity contribution is 5.71. The summed E-state index contributed by atoms with van der Waals surface area (Å²) >= 11 is 0. The minimum absolute atomic E-state index is 0.136. The lowest BCUT2D eigenvalue weighted by Gasteiger charge is -2.32. The van der Waals surface area contributed by atoms with Crippen molar-refractivity contribution in [1.82, 2.24) is 5.32 Å². The van der Waals surface area contributed by atoms with E-state index >= 15 is 0 Å². The molecule has 3 atom stereocenters. The Balaban J connectivity index is 1.82. The zero-order valence-corrected chi connectivity index (χ0v) is 12.1. The average Bonchev–Trinajstić information content (AvgIpc) is 2.48. The van der Waals surface area contributed by atoms with Crippen molar-refractivity contribution in [1.29, 1.82) is 0 Å². The van der Waals surface area contributed by atoms with Gasteiger partial charge in [-0.05, 0) is 30.7 Å². The molecular weight excluding hydrogens is 270 g/mol. The standard InChI is InChI=1S/C16H21NO4/c1-11-7-8-13(15(18)19)9-14(11)17-16(20)21-10-12-5-3-2-4-6-12/h2-6,11,13-14H,7-10H2,1H3,(H,17,20)(H,18,19). The molecule has 0 bridgehead atoms. The van der Waals surface area contributed by atoms with Crippen LogP contribution in [0.1, 0.15) is 31.7 Å². The van der Waals surface area contributed by atoms with Gasteiger partial charge in [-0.2, -0.15) is 0 Å². The topological polar surface area (TPSA) is 75.6 Å². The molecule has 1 aliphatic rings. The Kier molecular flexibility index (Phi) is 5.20. The van der Waals surface area contributed by atoms with Gasteiger partial charge in [-0.15, -0.1) is 0 Å². The lowest BCUT2D eigenvalue weighted by Crippen LogP contribution is -2.44. The average molecular weight is 291 g/mol. The molecule has 0 aliphatic heterocycles. The highest BCUT2D eigenvalue weighted by atomic mass is 16.5. The van der Waals surface area contributed by atoms with E-state index in [1.165, 1.54) is 0 Å². The van der Waals surface area contributed by atoms with Gasteiger partial charge in [-0.1, -0.05) is 37.3 Å². The Morgan fingerprint density at radius 1 is 1.29 bits per heavy atom. The Morgan fingerprint density at radius 3 is 2.67 bits per heavy atom. The third-order valence-corrected chi connectivity index (χ3v) is 4.06. The van der Waals surface area contributed by atoms with E-state index in [-0.39, 0.29) is 24.5 Å². The van der Waals surface area contributed by atoms with Crippen molar-refractivity contribution in [3.63, 3.8) is 0 Å².